The Morgan fingerprint density at radius 3 is 2.62 bits per heavy atom. The van der Waals surface area contributed by atoms with Crippen molar-refractivity contribution in [1.82, 2.24) is 4.90 Å². The van der Waals surface area contributed by atoms with Gasteiger partial charge in [0.2, 0.25) is 5.91 Å². The number of nitrogens with zero attached hydrogens (tertiary/aromatic N) is 1. The van der Waals surface area contributed by atoms with Gasteiger partial charge in [0.1, 0.15) is 6.23 Å². The van der Waals surface area contributed by atoms with Crippen LogP contribution in [0.5, 0.6) is 0 Å². The summed E-state index contributed by atoms with van der Waals surface area (Å²) < 4.78 is 5.54. The first-order valence-electron chi connectivity index (χ1n) is 5.41. The Hall–Kier alpha value is -0.940. The molecule has 5 nitrogen and oxygen atoms in total. The van der Waals surface area contributed by atoms with Crippen LogP contribution < -0.4 is 0 Å². The zero-order valence-corrected chi connectivity index (χ0v) is 9.82. The molecule has 2 aliphatic rings. The number of carbonyl (C=O) groups is 2. The summed E-state index contributed by atoms with van der Waals surface area (Å²) in [5.41, 5.74) is -1.38. The van der Waals surface area contributed by atoms with E-state index in [2.05, 4.69) is 0 Å². The summed E-state index contributed by atoms with van der Waals surface area (Å²) in [6, 6.07) is 0. The highest BCUT2D eigenvalue weighted by Crippen LogP contribution is 2.41. The van der Waals surface area contributed by atoms with Crippen molar-refractivity contribution >= 4 is 11.7 Å². The van der Waals surface area contributed by atoms with Gasteiger partial charge < -0.3 is 9.84 Å². The lowest BCUT2D eigenvalue weighted by Crippen LogP contribution is -2.54. The first-order chi connectivity index (χ1) is 7.33. The van der Waals surface area contributed by atoms with Gasteiger partial charge in [0, 0.05) is 5.41 Å². The molecule has 0 aliphatic carbocycles. The number of amides is 1. The van der Waals surface area contributed by atoms with Gasteiger partial charge in [0.15, 0.2) is 11.3 Å². The lowest BCUT2D eigenvalue weighted by molar-refractivity contribution is -0.142. The first kappa shape index (κ1) is 11.5. The minimum absolute atomic E-state index is 0.107. The molecule has 0 saturated carbocycles. The largest absolute Gasteiger partial charge is 0.393 e. The summed E-state index contributed by atoms with van der Waals surface area (Å²) in [5.74, 6) is -0.469. The standard InChI is InChI=1S/C11H17NO4/c1-10(2,3)9-12-8(15)4-7(14)11(12,5-13)6-16-9/h9,13H,4-6H2,1-3H3/t9-,11-/m1/s1. The Balaban J connectivity index is 2.40. The van der Waals surface area contributed by atoms with E-state index in [9.17, 15) is 14.7 Å². The van der Waals surface area contributed by atoms with Crippen LogP contribution in [0, 0.1) is 5.41 Å². The van der Waals surface area contributed by atoms with E-state index in [-0.39, 0.29) is 36.7 Å². The lowest BCUT2D eigenvalue weighted by Gasteiger charge is -2.35. The number of ketones is 1. The molecular weight excluding hydrogens is 210 g/mol. The van der Waals surface area contributed by atoms with Crippen molar-refractivity contribution in [2.75, 3.05) is 13.2 Å². The van der Waals surface area contributed by atoms with Crippen LogP contribution in [0.3, 0.4) is 0 Å². The van der Waals surface area contributed by atoms with Crippen molar-refractivity contribution in [3.63, 3.8) is 0 Å². The van der Waals surface area contributed by atoms with E-state index in [1.54, 1.807) is 0 Å². The summed E-state index contributed by atoms with van der Waals surface area (Å²) in [5, 5.41) is 9.40. The van der Waals surface area contributed by atoms with Gasteiger partial charge >= 0.3 is 0 Å². The van der Waals surface area contributed by atoms with Crippen molar-refractivity contribution in [2.24, 2.45) is 5.41 Å². The van der Waals surface area contributed by atoms with E-state index in [0.29, 0.717) is 0 Å². The highest BCUT2D eigenvalue weighted by atomic mass is 16.5. The molecule has 2 fully saturated rings. The molecule has 0 aromatic rings. The Morgan fingerprint density at radius 2 is 2.12 bits per heavy atom. The molecule has 0 aromatic heterocycles. The maximum absolute atomic E-state index is 11.8. The van der Waals surface area contributed by atoms with Gasteiger partial charge in [-0.25, -0.2) is 0 Å². The minimum atomic E-state index is -1.12. The van der Waals surface area contributed by atoms with Crippen LogP contribution in [0.1, 0.15) is 27.2 Å². The predicted octanol–water partition coefficient (Wildman–Crippen LogP) is -0.0787. The third kappa shape index (κ3) is 1.31. The highest BCUT2D eigenvalue weighted by molar-refractivity contribution is 6.10. The SMILES string of the molecule is CC(C)(C)[C@H]1OC[C@]2(CO)C(=O)CC(=O)N12. The normalized spacial score (nSPS) is 34.8. The van der Waals surface area contributed by atoms with Crippen molar-refractivity contribution in [1.29, 1.82) is 0 Å². The second kappa shape index (κ2) is 3.28. The van der Waals surface area contributed by atoms with E-state index in [0.717, 1.165) is 0 Å². The maximum Gasteiger partial charge on any atom is 0.233 e. The summed E-state index contributed by atoms with van der Waals surface area (Å²) in [6.45, 7) is 5.59. The zero-order valence-electron chi connectivity index (χ0n) is 9.82. The fourth-order valence-electron chi connectivity index (χ4n) is 2.40. The summed E-state index contributed by atoms with van der Waals surface area (Å²) >= 11 is 0. The molecule has 2 atom stereocenters. The van der Waals surface area contributed by atoms with E-state index in [1.165, 1.54) is 4.90 Å². The molecular formula is C11H17NO4. The molecule has 16 heavy (non-hydrogen) atoms. The van der Waals surface area contributed by atoms with E-state index < -0.39 is 11.8 Å². The second-order valence-corrected chi connectivity index (χ2v) is 5.58. The molecule has 0 aromatic carbocycles. The number of aliphatic hydroxyl groups excluding tert-OH is 1. The van der Waals surface area contributed by atoms with Crippen molar-refractivity contribution in [3.8, 4) is 0 Å². The number of rotatable bonds is 1. The van der Waals surface area contributed by atoms with Gasteiger partial charge in [-0.2, -0.15) is 0 Å². The van der Waals surface area contributed by atoms with Crippen LogP contribution in [-0.2, 0) is 14.3 Å². The van der Waals surface area contributed by atoms with Crippen LogP contribution in [0.15, 0.2) is 0 Å². The predicted molar refractivity (Wildman–Crippen MR) is 55.5 cm³/mol. The summed E-state index contributed by atoms with van der Waals surface area (Å²) in [6.07, 6.45) is -0.546. The second-order valence-electron chi connectivity index (χ2n) is 5.58. The Labute approximate surface area is 94.4 Å². The van der Waals surface area contributed by atoms with E-state index >= 15 is 0 Å². The van der Waals surface area contributed by atoms with Crippen molar-refractivity contribution in [2.45, 2.75) is 39.0 Å². The fraction of sp³-hybridized carbons (Fsp3) is 0.818. The third-order valence-corrected chi connectivity index (χ3v) is 3.28. The van der Waals surface area contributed by atoms with Gasteiger partial charge in [-0.3, -0.25) is 14.5 Å². The zero-order chi connectivity index (χ0) is 12.1. The lowest BCUT2D eigenvalue weighted by atomic mass is 9.91. The molecule has 0 spiro atoms. The molecule has 2 rings (SSSR count). The molecule has 1 N–H and O–H groups in total. The molecule has 0 bridgehead atoms. The molecule has 0 unspecified atom stereocenters. The summed E-state index contributed by atoms with van der Waals surface area (Å²) in [4.78, 5) is 25.0. The number of hydrogen-bond donors (Lipinski definition) is 1. The molecule has 2 aliphatic heterocycles. The van der Waals surface area contributed by atoms with Crippen LogP contribution in [-0.4, -0.2) is 46.7 Å². The molecule has 5 heteroatoms. The molecule has 0 radical (unpaired) electrons. The number of hydrogen-bond acceptors (Lipinski definition) is 4. The molecule has 2 saturated heterocycles. The molecule has 2 heterocycles. The number of ether oxygens (including phenoxy) is 1. The average molecular weight is 227 g/mol. The molecule has 90 valence electrons. The van der Waals surface area contributed by atoms with Crippen LogP contribution in [0.2, 0.25) is 0 Å². The smallest absolute Gasteiger partial charge is 0.233 e. The monoisotopic (exact) mass is 227 g/mol. The minimum Gasteiger partial charge on any atom is -0.393 e. The number of fused-ring (bicyclic) bond motifs is 1. The van der Waals surface area contributed by atoms with Gasteiger partial charge in [-0.1, -0.05) is 20.8 Å². The van der Waals surface area contributed by atoms with Crippen LogP contribution >= 0.6 is 0 Å². The maximum atomic E-state index is 11.8. The quantitative estimate of drug-likeness (QED) is 0.636. The Kier molecular flexibility index (Phi) is 2.36. The van der Waals surface area contributed by atoms with Gasteiger partial charge in [0.25, 0.3) is 0 Å². The number of carbonyl (C=O) groups excluding carboxylic acids is 2. The van der Waals surface area contributed by atoms with Crippen molar-refractivity contribution in [3.05, 3.63) is 0 Å². The van der Waals surface area contributed by atoms with Gasteiger partial charge in [-0.15, -0.1) is 0 Å². The van der Waals surface area contributed by atoms with Crippen LogP contribution in [0.4, 0.5) is 0 Å². The number of Topliss-reactive ketones (excluding diaryl/α,β-unsaturated/α-hetero) is 1. The third-order valence-electron chi connectivity index (χ3n) is 3.28. The first-order valence-corrected chi connectivity index (χ1v) is 5.41. The average Bonchev–Trinajstić information content (AvgIpc) is 2.65. The summed E-state index contributed by atoms with van der Waals surface area (Å²) in [7, 11) is 0. The van der Waals surface area contributed by atoms with Gasteiger partial charge in [-0.05, 0) is 0 Å². The topological polar surface area (TPSA) is 66.8 Å². The Morgan fingerprint density at radius 1 is 1.50 bits per heavy atom. The Bertz CT molecular complexity index is 346. The number of aliphatic hydroxyl groups is 1. The fourth-order valence-corrected chi connectivity index (χ4v) is 2.40. The molecule has 1 amide bonds. The van der Waals surface area contributed by atoms with E-state index in [4.69, 9.17) is 4.74 Å². The van der Waals surface area contributed by atoms with Crippen molar-refractivity contribution < 1.29 is 19.4 Å². The van der Waals surface area contributed by atoms with Crippen LogP contribution in [0.25, 0.3) is 0 Å². The highest BCUT2D eigenvalue weighted by Gasteiger charge is 2.61. The van der Waals surface area contributed by atoms with Gasteiger partial charge in [0.05, 0.1) is 19.6 Å². The van der Waals surface area contributed by atoms with E-state index in [1.807, 2.05) is 20.8 Å².